The second-order valence-electron chi connectivity index (χ2n) is 6.02. The number of halogens is 4. The Kier molecular flexibility index (Phi) is 10.8. The number of alkyl halides is 3. The van der Waals surface area contributed by atoms with Gasteiger partial charge in [0.2, 0.25) is 0 Å². The van der Waals surface area contributed by atoms with Gasteiger partial charge in [0, 0.05) is 25.7 Å². The number of aliphatic imine (C=N–C) groups is 1. The quantitative estimate of drug-likeness (QED) is 0.309. The van der Waals surface area contributed by atoms with Gasteiger partial charge >= 0.3 is 6.18 Å². The van der Waals surface area contributed by atoms with E-state index < -0.39 is 12.8 Å². The van der Waals surface area contributed by atoms with Gasteiger partial charge in [0.25, 0.3) is 0 Å². The van der Waals surface area contributed by atoms with Crippen LogP contribution in [0.1, 0.15) is 16.7 Å². The fourth-order valence-electron chi connectivity index (χ4n) is 2.55. The Morgan fingerprint density at radius 2 is 1.69 bits per heavy atom. The first-order chi connectivity index (χ1) is 13.4. The molecule has 0 bridgehead atoms. The zero-order valence-corrected chi connectivity index (χ0v) is 18.6. The van der Waals surface area contributed by atoms with Crippen LogP contribution >= 0.6 is 24.0 Å². The molecule has 2 aromatic carbocycles. The molecule has 0 aliphatic carbocycles. The summed E-state index contributed by atoms with van der Waals surface area (Å²) in [4.78, 5) is 4.18. The smallest absolute Gasteiger partial charge is 0.411 e. The number of ether oxygens (including phenoxy) is 2. The summed E-state index contributed by atoms with van der Waals surface area (Å²) < 4.78 is 46.5. The van der Waals surface area contributed by atoms with E-state index in [9.17, 15) is 13.2 Å². The van der Waals surface area contributed by atoms with Crippen LogP contribution in [0.15, 0.2) is 53.5 Å². The van der Waals surface area contributed by atoms with Crippen molar-refractivity contribution < 1.29 is 22.6 Å². The predicted molar refractivity (Wildman–Crippen MR) is 118 cm³/mol. The number of rotatable bonds is 8. The van der Waals surface area contributed by atoms with Crippen LogP contribution in [-0.2, 0) is 24.4 Å². The SMILES string of the molecule is CN=C(NCc1cccc(COCC(F)(F)F)c1)NCc1ccccc1OC.I. The van der Waals surface area contributed by atoms with Crippen molar-refractivity contribution in [1.82, 2.24) is 10.6 Å². The molecule has 0 unspecified atom stereocenters. The van der Waals surface area contributed by atoms with Crippen LogP contribution in [0.5, 0.6) is 5.75 Å². The van der Waals surface area contributed by atoms with E-state index in [4.69, 9.17) is 9.47 Å². The minimum Gasteiger partial charge on any atom is -0.496 e. The Labute approximate surface area is 185 Å². The summed E-state index contributed by atoms with van der Waals surface area (Å²) in [5.74, 6) is 1.39. The molecule has 0 aliphatic heterocycles. The van der Waals surface area contributed by atoms with Crippen molar-refractivity contribution >= 4 is 29.9 Å². The van der Waals surface area contributed by atoms with Crippen molar-refractivity contribution in [2.75, 3.05) is 20.8 Å². The van der Waals surface area contributed by atoms with Crippen LogP contribution in [0.25, 0.3) is 0 Å². The summed E-state index contributed by atoms with van der Waals surface area (Å²) in [6.45, 7) is -0.336. The van der Waals surface area contributed by atoms with Gasteiger partial charge < -0.3 is 20.1 Å². The van der Waals surface area contributed by atoms with Crippen LogP contribution in [-0.4, -0.2) is 32.9 Å². The standard InChI is InChI=1S/C20H24F3N3O2.HI/c1-24-19(26-12-17-8-3-4-9-18(17)27-2)25-11-15-6-5-7-16(10-15)13-28-14-20(21,22)23;/h3-10H,11-14H2,1-2H3,(H2,24,25,26);1H. The maximum Gasteiger partial charge on any atom is 0.411 e. The third-order valence-electron chi connectivity index (χ3n) is 3.85. The van der Waals surface area contributed by atoms with E-state index in [0.717, 1.165) is 16.9 Å². The Morgan fingerprint density at radius 3 is 2.38 bits per heavy atom. The molecule has 0 amide bonds. The molecule has 2 N–H and O–H groups in total. The maximum absolute atomic E-state index is 12.2. The minimum absolute atomic E-state index is 0. The third kappa shape index (κ3) is 9.35. The summed E-state index contributed by atoms with van der Waals surface area (Å²) in [5.41, 5.74) is 2.59. The predicted octanol–water partition coefficient (Wildman–Crippen LogP) is 4.26. The molecule has 0 saturated carbocycles. The molecule has 0 aliphatic rings. The Balaban J connectivity index is 0.00000420. The highest BCUT2D eigenvalue weighted by Gasteiger charge is 2.27. The molecule has 0 radical (unpaired) electrons. The summed E-state index contributed by atoms with van der Waals surface area (Å²) in [5, 5.41) is 6.38. The molecule has 0 aromatic heterocycles. The van der Waals surface area contributed by atoms with Gasteiger partial charge in [-0.3, -0.25) is 4.99 Å². The van der Waals surface area contributed by atoms with E-state index in [-0.39, 0.29) is 30.6 Å². The van der Waals surface area contributed by atoms with E-state index in [1.165, 1.54) is 0 Å². The van der Waals surface area contributed by atoms with Gasteiger partial charge in [0.05, 0.1) is 13.7 Å². The summed E-state index contributed by atoms with van der Waals surface area (Å²) in [7, 11) is 3.29. The minimum atomic E-state index is -4.32. The van der Waals surface area contributed by atoms with Crippen LogP contribution in [0.3, 0.4) is 0 Å². The van der Waals surface area contributed by atoms with Gasteiger partial charge in [-0.1, -0.05) is 42.5 Å². The van der Waals surface area contributed by atoms with Crippen molar-refractivity contribution in [3.8, 4) is 5.75 Å². The molecule has 9 heteroatoms. The molecule has 0 fully saturated rings. The molecule has 29 heavy (non-hydrogen) atoms. The number of hydrogen-bond donors (Lipinski definition) is 2. The van der Waals surface area contributed by atoms with Crippen molar-refractivity contribution in [3.63, 3.8) is 0 Å². The zero-order chi connectivity index (χ0) is 20.4. The zero-order valence-electron chi connectivity index (χ0n) is 16.3. The lowest BCUT2D eigenvalue weighted by molar-refractivity contribution is -0.176. The lowest BCUT2D eigenvalue weighted by Gasteiger charge is -2.14. The second kappa shape index (κ2) is 12.5. The molecule has 0 atom stereocenters. The van der Waals surface area contributed by atoms with E-state index in [1.807, 2.05) is 30.3 Å². The molecule has 2 rings (SSSR count). The number of benzene rings is 2. The monoisotopic (exact) mass is 523 g/mol. The fourth-order valence-corrected chi connectivity index (χ4v) is 2.55. The van der Waals surface area contributed by atoms with E-state index in [1.54, 1.807) is 32.4 Å². The lowest BCUT2D eigenvalue weighted by Crippen LogP contribution is -2.36. The summed E-state index contributed by atoms with van der Waals surface area (Å²) in [6.07, 6.45) is -4.32. The van der Waals surface area contributed by atoms with Gasteiger partial charge in [0.15, 0.2) is 5.96 Å². The molecule has 2 aromatic rings. The molecule has 0 saturated heterocycles. The number of guanidine groups is 1. The average Bonchev–Trinajstić information content (AvgIpc) is 2.67. The number of nitrogens with zero attached hydrogens (tertiary/aromatic N) is 1. The van der Waals surface area contributed by atoms with Gasteiger partial charge in [-0.2, -0.15) is 13.2 Å². The molecule has 0 spiro atoms. The highest BCUT2D eigenvalue weighted by atomic mass is 127. The Morgan fingerprint density at radius 1 is 1.00 bits per heavy atom. The maximum atomic E-state index is 12.2. The molecular formula is C20H25F3IN3O2. The van der Waals surface area contributed by atoms with E-state index in [2.05, 4.69) is 15.6 Å². The van der Waals surface area contributed by atoms with Crippen molar-refractivity contribution in [1.29, 1.82) is 0 Å². The molecule has 0 heterocycles. The van der Waals surface area contributed by atoms with Gasteiger partial charge in [0.1, 0.15) is 12.4 Å². The van der Waals surface area contributed by atoms with E-state index >= 15 is 0 Å². The molecule has 5 nitrogen and oxygen atoms in total. The van der Waals surface area contributed by atoms with Crippen LogP contribution in [0, 0.1) is 0 Å². The Bertz CT molecular complexity index is 786. The van der Waals surface area contributed by atoms with Gasteiger partial charge in [-0.25, -0.2) is 0 Å². The summed E-state index contributed by atoms with van der Waals surface area (Å²) >= 11 is 0. The second-order valence-corrected chi connectivity index (χ2v) is 6.02. The van der Waals surface area contributed by atoms with Crippen LogP contribution < -0.4 is 15.4 Å². The highest BCUT2D eigenvalue weighted by molar-refractivity contribution is 14.0. The first-order valence-electron chi connectivity index (χ1n) is 8.70. The fraction of sp³-hybridized carbons (Fsp3) is 0.350. The highest BCUT2D eigenvalue weighted by Crippen LogP contribution is 2.17. The normalized spacial score (nSPS) is 11.6. The van der Waals surface area contributed by atoms with Gasteiger partial charge in [-0.15, -0.1) is 24.0 Å². The molecular weight excluding hydrogens is 498 g/mol. The van der Waals surface area contributed by atoms with Crippen LogP contribution in [0.2, 0.25) is 0 Å². The van der Waals surface area contributed by atoms with Crippen molar-refractivity contribution in [2.24, 2.45) is 4.99 Å². The van der Waals surface area contributed by atoms with Gasteiger partial charge in [-0.05, 0) is 17.2 Å². The number of para-hydroxylation sites is 1. The van der Waals surface area contributed by atoms with Crippen molar-refractivity contribution in [2.45, 2.75) is 25.9 Å². The number of hydrogen-bond acceptors (Lipinski definition) is 3. The van der Waals surface area contributed by atoms with E-state index in [0.29, 0.717) is 24.6 Å². The summed E-state index contributed by atoms with van der Waals surface area (Å²) in [6, 6.07) is 14.9. The molecule has 160 valence electrons. The van der Waals surface area contributed by atoms with Crippen LogP contribution in [0.4, 0.5) is 13.2 Å². The topological polar surface area (TPSA) is 54.9 Å². The average molecular weight is 523 g/mol. The lowest BCUT2D eigenvalue weighted by atomic mass is 10.1. The largest absolute Gasteiger partial charge is 0.496 e. The number of nitrogens with one attached hydrogen (secondary N) is 2. The first kappa shape index (κ1) is 25.0. The first-order valence-corrected chi connectivity index (χ1v) is 8.70. The number of methoxy groups -OCH3 is 1. The third-order valence-corrected chi connectivity index (χ3v) is 3.85. The Hall–Kier alpha value is -2.01. The van der Waals surface area contributed by atoms with Crippen molar-refractivity contribution in [3.05, 3.63) is 65.2 Å².